The summed E-state index contributed by atoms with van der Waals surface area (Å²) in [5.74, 6) is 0.885. The number of carbonyl (C=O) groups is 1. The van der Waals surface area contributed by atoms with Crippen molar-refractivity contribution in [2.24, 2.45) is 0 Å². The first-order valence-corrected chi connectivity index (χ1v) is 10.0. The second-order valence-electron chi connectivity index (χ2n) is 7.19. The summed E-state index contributed by atoms with van der Waals surface area (Å²) >= 11 is 0. The molecule has 2 aromatic carbocycles. The summed E-state index contributed by atoms with van der Waals surface area (Å²) in [6, 6.07) is 14.3. The number of benzene rings is 2. The number of nitro groups is 1. The molecule has 0 aromatic heterocycles. The van der Waals surface area contributed by atoms with E-state index in [1.54, 1.807) is 19.2 Å². The van der Waals surface area contributed by atoms with Gasteiger partial charge in [0.1, 0.15) is 5.75 Å². The van der Waals surface area contributed by atoms with Crippen LogP contribution in [0.3, 0.4) is 0 Å². The predicted molar refractivity (Wildman–Crippen MR) is 115 cm³/mol. The van der Waals surface area contributed by atoms with E-state index in [0.29, 0.717) is 19.6 Å². The number of hydrogen-bond acceptors (Lipinski definition) is 6. The molecule has 1 fully saturated rings. The Labute approximate surface area is 175 Å². The van der Waals surface area contributed by atoms with Crippen LogP contribution in [0.1, 0.15) is 0 Å². The van der Waals surface area contributed by atoms with Crippen molar-refractivity contribution in [2.75, 3.05) is 63.1 Å². The summed E-state index contributed by atoms with van der Waals surface area (Å²) in [7, 11) is 1.66. The van der Waals surface area contributed by atoms with E-state index in [2.05, 4.69) is 27.7 Å². The zero-order chi connectivity index (χ0) is 21.3. The Bertz CT molecular complexity index is 833. The van der Waals surface area contributed by atoms with E-state index >= 15 is 0 Å². The van der Waals surface area contributed by atoms with Gasteiger partial charge in [0.25, 0.3) is 11.6 Å². The zero-order valence-electron chi connectivity index (χ0n) is 17.1. The van der Waals surface area contributed by atoms with Gasteiger partial charge in [0.2, 0.25) is 0 Å². The van der Waals surface area contributed by atoms with Gasteiger partial charge in [-0.2, -0.15) is 0 Å². The van der Waals surface area contributed by atoms with E-state index in [0.717, 1.165) is 37.6 Å². The highest BCUT2D eigenvalue weighted by atomic mass is 16.6. The molecule has 9 nitrogen and oxygen atoms in total. The van der Waals surface area contributed by atoms with Gasteiger partial charge in [-0.1, -0.05) is 0 Å². The van der Waals surface area contributed by atoms with Gasteiger partial charge >= 0.3 is 0 Å². The number of nitro benzene ring substituents is 1. The fourth-order valence-corrected chi connectivity index (χ4v) is 3.45. The number of amides is 1. The smallest absolute Gasteiger partial charge is 0.275 e. The van der Waals surface area contributed by atoms with E-state index in [4.69, 9.17) is 4.74 Å². The minimum atomic E-state index is -0.427. The molecule has 3 rings (SSSR count). The molecule has 0 spiro atoms. The largest absolute Gasteiger partial charge is 0.497 e. The average molecular weight is 414 g/mol. The number of carbonyl (C=O) groups excluding carboxylic acids is 1. The van der Waals surface area contributed by atoms with Gasteiger partial charge in [-0.05, 0) is 36.4 Å². The molecule has 2 aromatic rings. The van der Waals surface area contributed by atoms with E-state index in [1.807, 2.05) is 12.1 Å². The molecule has 0 saturated carbocycles. The van der Waals surface area contributed by atoms with Gasteiger partial charge in [-0.25, -0.2) is 0 Å². The highest BCUT2D eigenvalue weighted by Crippen LogP contribution is 2.19. The summed E-state index contributed by atoms with van der Waals surface area (Å²) in [4.78, 5) is 26.0. The molecule has 160 valence electrons. The fourth-order valence-electron chi connectivity index (χ4n) is 3.45. The minimum absolute atomic E-state index is 0.0356. The topological polar surface area (TPSA) is 101 Å². The third-order valence-corrected chi connectivity index (χ3v) is 5.17. The molecule has 30 heavy (non-hydrogen) atoms. The SMILES string of the molecule is COc1ccc(N2CC[NH+](CC(=O)NCCNc3ccc([N+](=O)[O-])cc3)CC2)cc1. The van der Waals surface area contributed by atoms with Crippen LogP contribution < -0.4 is 25.2 Å². The van der Waals surface area contributed by atoms with Gasteiger partial charge < -0.3 is 25.2 Å². The van der Waals surface area contributed by atoms with Crippen molar-refractivity contribution in [1.82, 2.24) is 5.32 Å². The molecule has 0 atom stereocenters. The van der Waals surface area contributed by atoms with Crippen LogP contribution >= 0.6 is 0 Å². The molecule has 0 radical (unpaired) electrons. The number of nitrogens with one attached hydrogen (secondary N) is 3. The Morgan fingerprint density at radius 1 is 1.10 bits per heavy atom. The van der Waals surface area contributed by atoms with Crippen molar-refractivity contribution in [3.63, 3.8) is 0 Å². The van der Waals surface area contributed by atoms with Crippen molar-refractivity contribution in [3.8, 4) is 5.75 Å². The van der Waals surface area contributed by atoms with Crippen molar-refractivity contribution < 1.29 is 19.4 Å². The maximum atomic E-state index is 12.2. The maximum Gasteiger partial charge on any atom is 0.275 e. The van der Waals surface area contributed by atoms with Gasteiger partial charge in [0.15, 0.2) is 6.54 Å². The van der Waals surface area contributed by atoms with Crippen molar-refractivity contribution >= 4 is 23.0 Å². The molecular formula is C21H28N5O4+. The highest BCUT2D eigenvalue weighted by Gasteiger charge is 2.22. The first kappa shape index (κ1) is 21.4. The van der Waals surface area contributed by atoms with Gasteiger partial charge in [0.05, 0.1) is 38.2 Å². The van der Waals surface area contributed by atoms with E-state index < -0.39 is 4.92 Å². The van der Waals surface area contributed by atoms with E-state index in [9.17, 15) is 14.9 Å². The molecule has 1 amide bonds. The number of piperazine rings is 1. The highest BCUT2D eigenvalue weighted by molar-refractivity contribution is 5.76. The van der Waals surface area contributed by atoms with Crippen LogP contribution in [0.15, 0.2) is 48.5 Å². The van der Waals surface area contributed by atoms with Crippen LogP contribution in [-0.4, -0.2) is 63.8 Å². The second kappa shape index (κ2) is 10.4. The molecule has 3 N–H and O–H groups in total. The van der Waals surface area contributed by atoms with Crippen LogP contribution in [0, 0.1) is 10.1 Å². The van der Waals surface area contributed by atoms with Crippen LogP contribution in [0.5, 0.6) is 5.75 Å². The number of rotatable bonds is 9. The Morgan fingerprint density at radius 3 is 2.37 bits per heavy atom. The summed E-state index contributed by atoms with van der Waals surface area (Å²) in [5.41, 5.74) is 2.02. The van der Waals surface area contributed by atoms with Crippen molar-refractivity contribution in [3.05, 3.63) is 58.6 Å². The minimum Gasteiger partial charge on any atom is -0.497 e. The molecule has 1 saturated heterocycles. The lowest BCUT2D eigenvalue weighted by Gasteiger charge is -2.33. The summed E-state index contributed by atoms with van der Waals surface area (Å²) in [5, 5.41) is 16.7. The standard InChI is InChI=1S/C21H27N5O4/c1-30-20-8-6-18(7-9-20)25-14-12-24(13-15-25)16-21(27)23-11-10-22-17-2-4-19(5-3-17)26(28)29/h2-9,22H,10-16H2,1H3,(H,23,27)/p+1. The lowest BCUT2D eigenvalue weighted by atomic mass is 10.2. The lowest BCUT2D eigenvalue weighted by molar-refractivity contribution is -0.892. The van der Waals surface area contributed by atoms with E-state index in [1.165, 1.54) is 22.7 Å². The third-order valence-electron chi connectivity index (χ3n) is 5.17. The normalized spacial score (nSPS) is 14.2. The number of nitrogens with zero attached hydrogens (tertiary/aromatic N) is 2. The fraction of sp³-hybridized carbons (Fsp3) is 0.381. The zero-order valence-corrected chi connectivity index (χ0v) is 17.1. The molecule has 1 aliphatic rings. The quantitative estimate of drug-likeness (QED) is 0.315. The van der Waals surface area contributed by atoms with Gasteiger partial charge in [-0.3, -0.25) is 14.9 Å². The molecular weight excluding hydrogens is 386 g/mol. The van der Waals surface area contributed by atoms with Crippen LogP contribution in [0.4, 0.5) is 17.1 Å². The van der Waals surface area contributed by atoms with E-state index in [-0.39, 0.29) is 11.6 Å². The first-order chi connectivity index (χ1) is 14.5. The van der Waals surface area contributed by atoms with Crippen LogP contribution in [0.2, 0.25) is 0 Å². The Morgan fingerprint density at radius 2 is 1.77 bits per heavy atom. The number of methoxy groups -OCH3 is 1. The monoisotopic (exact) mass is 414 g/mol. The summed E-state index contributed by atoms with van der Waals surface area (Å²) < 4.78 is 5.20. The first-order valence-electron chi connectivity index (χ1n) is 10.0. The lowest BCUT2D eigenvalue weighted by Crippen LogP contribution is -3.16. The van der Waals surface area contributed by atoms with Gasteiger partial charge in [0, 0.05) is 36.6 Å². The van der Waals surface area contributed by atoms with Crippen LogP contribution in [-0.2, 0) is 4.79 Å². The molecule has 0 unspecified atom stereocenters. The molecule has 9 heteroatoms. The number of quaternary nitrogens is 1. The Kier molecular flexibility index (Phi) is 7.45. The van der Waals surface area contributed by atoms with Crippen LogP contribution in [0.25, 0.3) is 0 Å². The predicted octanol–water partition coefficient (Wildman–Crippen LogP) is 0.537. The average Bonchev–Trinajstić information content (AvgIpc) is 2.77. The molecule has 0 aliphatic carbocycles. The maximum absolute atomic E-state index is 12.2. The summed E-state index contributed by atoms with van der Waals surface area (Å²) in [6.45, 7) is 5.19. The summed E-state index contributed by atoms with van der Waals surface area (Å²) in [6.07, 6.45) is 0. The third kappa shape index (κ3) is 6.08. The number of hydrogen-bond donors (Lipinski definition) is 3. The molecule has 0 bridgehead atoms. The second-order valence-corrected chi connectivity index (χ2v) is 7.19. The number of anilines is 2. The number of non-ortho nitro benzene ring substituents is 1. The van der Waals surface area contributed by atoms with Gasteiger partial charge in [-0.15, -0.1) is 0 Å². The molecule has 1 heterocycles. The van der Waals surface area contributed by atoms with Crippen molar-refractivity contribution in [1.29, 1.82) is 0 Å². The molecule has 1 aliphatic heterocycles. The Hall–Kier alpha value is -3.33. The van der Waals surface area contributed by atoms with Crippen molar-refractivity contribution in [2.45, 2.75) is 0 Å². The number of ether oxygens (including phenoxy) is 1. The Balaban J connectivity index is 1.32.